The average molecular weight is 344 g/mol. The van der Waals surface area contributed by atoms with Crippen LogP contribution >= 0.6 is 11.3 Å². The molecule has 1 N–H and O–H groups in total. The molecule has 1 atom stereocenters. The Kier molecular flexibility index (Phi) is 4.70. The number of piperazine rings is 1. The summed E-state index contributed by atoms with van der Waals surface area (Å²) in [6.45, 7) is 2.66. The van der Waals surface area contributed by atoms with E-state index in [4.69, 9.17) is 0 Å². The maximum Gasteiger partial charge on any atom is 0.419 e. The quantitative estimate of drug-likeness (QED) is 0.850. The van der Waals surface area contributed by atoms with E-state index in [9.17, 15) is 17.6 Å². The molecule has 1 aliphatic heterocycles. The fourth-order valence-electron chi connectivity index (χ4n) is 2.98. The van der Waals surface area contributed by atoms with E-state index in [1.54, 1.807) is 0 Å². The molecule has 0 unspecified atom stereocenters. The predicted octanol–water partition coefficient (Wildman–Crippen LogP) is 3.90. The Morgan fingerprint density at radius 1 is 1.09 bits per heavy atom. The molecule has 1 aromatic heterocycles. The first-order valence-electron chi connectivity index (χ1n) is 7.32. The highest BCUT2D eigenvalue weighted by atomic mass is 32.1. The molecule has 1 aliphatic rings. The van der Waals surface area contributed by atoms with Gasteiger partial charge in [0.25, 0.3) is 0 Å². The van der Waals surface area contributed by atoms with Crippen LogP contribution in [0.15, 0.2) is 35.7 Å². The van der Waals surface area contributed by atoms with Crippen LogP contribution < -0.4 is 5.32 Å². The van der Waals surface area contributed by atoms with Crippen molar-refractivity contribution in [3.05, 3.63) is 57.5 Å². The van der Waals surface area contributed by atoms with Gasteiger partial charge in [0.05, 0.1) is 11.6 Å². The van der Waals surface area contributed by atoms with E-state index in [-0.39, 0.29) is 5.56 Å². The SMILES string of the molecule is Fc1cccc([C@H](c2cccs2)N2CCNCC2)c1C(F)(F)F. The molecular weight excluding hydrogens is 328 g/mol. The second-order valence-electron chi connectivity index (χ2n) is 5.41. The first-order valence-corrected chi connectivity index (χ1v) is 8.20. The van der Waals surface area contributed by atoms with Gasteiger partial charge in [-0.15, -0.1) is 11.3 Å². The lowest BCUT2D eigenvalue weighted by molar-refractivity contribution is -0.141. The minimum Gasteiger partial charge on any atom is -0.314 e. The normalized spacial score (nSPS) is 18.1. The van der Waals surface area contributed by atoms with Crippen LogP contribution in [0, 0.1) is 5.82 Å². The smallest absolute Gasteiger partial charge is 0.314 e. The van der Waals surface area contributed by atoms with Gasteiger partial charge in [-0.2, -0.15) is 13.2 Å². The van der Waals surface area contributed by atoms with Crippen molar-refractivity contribution in [1.29, 1.82) is 0 Å². The molecule has 0 aliphatic carbocycles. The maximum absolute atomic E-state index is 14.0. The van der Waals surface area contributed by atoms with Crippen LogP contribution in [0.1, 0.15) is 22.0 Å². The van der Waals surface area contributed by atoms with Crippen LogP contribution in [0.25, 0.3) is 0 Å². The number of thiophene rings is 1. The van der Waals surface area contributed by atoms with Gasteiger partial charge >= 0.3 is 6.18 Å². The molecule has 0 amide bonds. The fourth-order valence-corrected chi connectivity index (χ4v) is 3.86. The Balaban J connectivity index is 2.12. The monoisotopic (exact) mass is 344 g/mol. The number of rotatable bonds is 3. The molecule has 2 nitrogen and oxygen atoms in total. The zero-order valence-electron chi connectivity index (χ0n) is 12.2. The van der Waals surface area contributed by atoms with E-state index in [0.29, 0.717) is 26.2 Å². The topological polar surface area (TPSA) is 15.3 Å². The minimum absolute atomic E-state index is 0.0122. The molecule has 1 fully saturated rings. The number of halogens is 4. The summed E-state index contributed by atoms with van der Waals surface area (Å²) in [6.07, 6.45) is -4.72. The van der Waals surface area contributed by atoms with Crippen LogP contribution in [0.3, 0.4) is 0 Å². The number of nitrogens with zero attached hydrogens (tertiary/aromatic N) is 1. The van der Waals surface area contributed by atoms with Gasteiger partial charge in [-0.1, -0.05) is 18.2 Å². The Labute approximate surface area is 135 Å². The van der Waals surface area contributed by atoms with E-state index in [0.717, 1.165) is 10.9 Å². The summed E-state index contributed by atoms with van der Waals surface area (Å²) in [5.74, 6) is -1.22. The molecule has 0 saturated carbocycles. The number of alkyl halides is 3. The summed E-state index contributed by atoms with van der Waals surface area (Å²) in [4.78, 5) is 2.77. The molecule has 0 spiro atoms. The molecule has 2 heterocycles. The van der Waals surface area contributed by atoms with Crippen molar-refractivity contribution in [2.75, 3.05) is 26.2 Å². The predicted molar refractivity (Wildman–Crippen MR) is 82.0 cm³/mol. The third-order valence-electron chi connectivity index (χ3n) is 3.95. The molecule has 0 bridgehead atoms. The van der Waals surface area contributed by atoms with Crippen LogP contribution in [0.4, 0.5) is 17.6 Å². The van der Waals surface area contributed by atoms with Gasteiger partial charge in [-0.25, -0.2) is 4.39 Å². The van der Waals surface area contributed by atoms with Crippen molar-refractivity contribution in [1.82, 2.24) is 10.2 Å². The standard InChI is InChI=1S/C16H16F4N2S/c17-12-4-1-3-11(14(12)16(18,19)20)15(13-5-2-10-23-13)22-8-6-21-7-9-22/h1-5,10,15,21H,6-9H2/t15-/m1/s1. The van der Waals surface area contributed by atoms with Crippen LogP contribution in [0.2, 0.25) is 0 Å². The fraction of sp³-hybridized carbons (Fsp3) is 0.375. The highest BCUT2D eigenvalue weighted by molar-refractivity contribution is 7.10. The second-order valence-corrected chi connectivity index (χ2v) is 6.39. The summed E-state index contributed by atoms with van der Waals surface area (Å²) >= 11 is 1.39. The second kappa shape index (κ2) is 6.59. The first kappa shape index (κ1) is 16.4. The van der Waals surface area contributed by atoms with Gasteiger partial charge in [0.1, 0.15) is 5.82 Å². The lowest BCUT2D eigenvalue weighted by Crippen LogP contribution is -2.45. The molecule has 1 aromatic carbocycles. The van der Waals surface area contributed by atoms with Gasteiger partial charge in [-0.3, -0.25) is 4.90 Å². The zero-order chi connectivity index (χ0) is 16.4. The van der Waals surface area contributed by atoms with Crippen molar-refractivity contribution in [3.8, 4) is 0 Å². The Morgan fingerprint density at radius 2 is 1.83 bits per heavy atom. The van der Waals surface area contributed by atoms with Gasteiger partial charge < -0.3 is 5.32 Å². The van der Waals surface area contributed by atoms with Crippen molar-refractivity contribution in [2.45, 2.75) is 12.2 Å². The van der Waals surface area contributed by atoms with Crippen molar-refractivity contribution < 1.29 is 17.6 Å². The third-order valence-corrected chi connectivity index (χ3v) is 4.88. The van der Waals surface area contributed by atoms with Crippen molar-refractivity contribution in [3.63, 3.8) is 0 Å². The molecule has 0 radical (unpaired) electrons. The molecule has 7 heteroatoms. The number of nitrogens with one attached hydrogen (secondary N) is 1. The van der Waals surface area contributed by atoms with E-state index in [2.05, 4.69) is 5.32 Å². The zero-order valence-corrected chi connectivity index (χ0v) is 13.1. The average Bonchev–Trinajstić information content (AvgIpc) is 3.01. The molecule has 2 aromatic rings. The molecule has 124 valence electrons. The largest absolute Gasteiger partial charge is 0.419 e. The van der Waals surface area contributed by atoms with E-state index in [1.165, 1.54) is 23.5 Å². The highest BCUT2D eigenvalue weighted by Crippen LogP contribution is 2.41. The van der Waals surface area contributed by atoms with Crippen LogP contribution in [-0.4, -0.2) is 31.1 Å². The van der Waals surface area contributed by atoms with E-state index < -0.39 is 23.6 Å². The van der Waals surface area contributed by atoms with Gasteiger partial charge in [0, 0.05) is 31.1 Å². The lowest BCUT2D eigenvalue weighted by atomic mass is 9.96. The molecular formula is C16H16F4N2S. The summed E-state index contributed by atoms with van der Waals surface area (Å²) in [6, 6.07) is 6.64. The number of hydrogen-bond donors (Lipinski definition) is 1. The molecule has 23 heavy (non-hydrogen) atoms. The minimum atomic E-state index is -4.72. The molecule has 1 saturated heterocycles. The molecule has 3 rings (SSSR count). The Bertz CT molecular complexity index is 649. The van der Waals surface area contributed by atoms with Crippen LogP contribution in [-0.2, 0) is 6.18 Å². The first-order chi connectivity index (χ1) is 11.0. The van der Waals surface area contributed by atoms with Gasteiger partial charge in [-0.05, 0) is 23.1 Å². The van der Waals surface area contributed by atoms with Gasteiger partial charge in [0.2, 0.25) is 0 Å². The number of benzene rings is 1. The summed E-state index contributed by atoms with van der Waals surface area (Å²) in [7, 11) is 0. The van der Waals surface area contributed by atoms with E-state index in [1.807, 2.05) is 22.4 Å². The van der Waals surface area contributed by atoms with Crippen LogP contribution in [0.5, 0.6) is 0 Å². The van der Waals surface area contributed by atoms with Crippen molar-refractivity contribution >= 4 is 11.3 Å². The number of hydrogen-bond acceptors (Lipinski definition) is 3. The van der Waals surface area contributed by atoms with Gasteiger partial charge in [0.15, 0.2) is 0 Å². The maximum atomic E-state index is 14.0. The summed E-state index contributed by atoms with van der Waals surface area (Å²) < 4.78 is 54.2. The summed E-state index contributed by atoms with van der Waals surface area (Å²) in [5.41, 5.74) is -1.17. The summed E-state index contributed by atoms with van der Waals surface area (Å²) in [5, 5.41) is 5.02. The van der Waals surface area contributed by atoms with Crippen molar-refractivity contribution in [2.24, 2.45) is 0 Å². The van der Waals surface area contributed by atoms with E-state index >= 15 is 0 Å². The lowest BCUT2D eigenvalue weighted by Gasteiger charge is -2.35. The highest BCUT2D eigenvalue weighted by Gasteiger charge is 2.40. The Hall–Kier alpha value is -1.44. The third kappa shape index (κ3) is 3.41. The Morgan fingerprint density at radius 3 is 2.43 bits per heavy atom.